The maximum atomic E-state index is 12.6. The summed E-state index contributed by atoms with van der Waals surface area (Å²) >= 11 is -0.375. The molecule has 0 spiro atoms. The second-order valence-corrected chi connectivity index (χ2v) is 7.13. The van der Waals surface area contributed by atoms with Crippen LogP contribution in [0.25, 0.3) is 0 Å². The van der Waals surface area contributed by atoms with Gasteiger partial charge in [-0.05, 0) is 18.1 Å². The van der Waals surface area contributed by atoms with Gasteiger partial charge in [-0.3, -0.25) is 9.69 Å². The van der Waals surface area contributed by atoms with Gasteiger partial charge in [0.1, 0.15) is 5.03 Å². The Labute approximate surface area is 149 Å². The summed E-state index contributed by atoms with van der Waals surface area (Å²) in [5, 5.41) is 2.43. The van der Waals surface area contributed by atoms with Crippen LogP contribution in [0, 0.1) is 5.92 Å². The Balaban J connectivity index is 2.03. The van der Waals surface area contributed by atoms with Crippen LogP contribution in [0.15, 0.2) is 23.4 Å². The van der Waals surface area contributed by atoms with E-state index in [0.717, 1.165) is 13.1 Å². The second kappa shape index (κ2) is 8.86. The van der Waals surface area contributed by atoms with Crippen molar-refractivity contribution in [1.82, 2.24) is 15.2 Å². The number of carbonyl (C=O) groups excluding carboxylic acids is 1. The van der Waals surface area contributed by atoms with Crippen LogP contribution in [0.4, 0.5) is 13.2 Å². The van der Waals surface area contributed by atoms with Crippen LogP contribution < -0.4 is 5.32 Å². The van der Waals surface area contributed by atoms with Crippen LogP contribution in [0.2, 0.25) is 0 Å². The van der Waals surface area contributed by atoms with E-state index >= 15 is 0 Å². The van der Waals surface area contributed by atoms with E-state index in [1.807, 2.05) is 0 Å². The Hall–Kier alpha value is -1.32. The van der Waals surface area contributed by atoms with Gasteiger partial charge in [0.15, 0.2) is 0 Å². The number of morpholine rings is 1. The normalized spacial score (nSPS) is 17.5. The third-order valence-electron chi connectivity index (χ3n) is 3.98. The predicted octanol–water partition coefficient (Wildman–Crippen LogP) is 2.78. The van der Waals surface area contributed by atoms with Gasteiger partial charge in [-0.25, -0.2) is 4.98 Å². The number of rotatable bonds is 6. The summed E-state index contributed by atoms with van der Waals surface area (Å²) < 4.78 is 43.2. The molecule has 140 valence electrons. The number of ether oxygens (including phenoxy) is 1. The van der Waals surface area contributed by atoms with Crippen LogP contribution in [0.1, 0.15) is 24.2 Å². The van der Waals surface area contributed by atoms with E-state index in [1.165, 1.54) is 18.3 Å². The van der Waals surface area contributed by atoms with Gasteiger partial charge in [-0.1, -0.05) is 13.8 Å². The van der Waals surface area contributed by atoms with Crippen molar-refractivity contribution < 1.29 is 22.7 Å². The van der Waals surface area contributed by atoms with Crippen molar-refractivity contribution in [3.63, 3.8) is 0 Å². The van der Waals surface area contributed by atoms with E-state index in [9.17, 15) is 18.0 Å². The zero-order chi connectivity index (χ0) is 18.4. The van der Waals surface area contributed by atoms with E-state index in [4.69, 9.17) is 4.74 Å². The maximum Gasteiger partial charge on any atom is 0.447 e. The summed E-state index contributed by atoms with van der Waals surface area (Å²) in [7, 11) is 0. The number of hydrogen-bond acceptors (Lipinski definition) is 5. The fraction of sp³-hybridized carbons (Fsp3) is 0.625. The molecule has 0 radical (unpaired) electrons. The van der Waals surface area contributed by atoms with Gasteiger partial charge in [0, 0.05) is 43.6 Å². The van der Waals surface area contributed by atoms with Crippen LogP contribution in [0.5, 0.6) is 0 Å². The highest BCUT2D eigenvalue weighted by molar-refractivity contribution is 8.00. The van der Waals surface area contributed by atoms with Gasteiger partial charge in [0.2, 0.25) is 0 Å². The zero-order valence-electron chi connectivity index (χ0n) is 14.2. The summed E-state index contributed by atoms with van der Waals surface area (Å²) in [6.45, 7) is 7.32. The lowest BCUT2D eigenvalue weighted by Crippen LogP contribution is -2.51. The molecule has 2 heterocycles. The molecule has 1 aliphatic heterocycles. The van der Waals surface area contributed by atoms with Crippen LogP contribution in [0.3, 0.4) is 0 Å². The highest BCUT2D eigenvalue weighted by atomic mass is 32.2. The second-order valence-electron chi connectivity index (χ2n) is 6.07. The molecule has 1 unspecified atom stereocenters. The average molecular weight is 377 g/mol. The van der Waals surface area contributed by atoms with Crippen molar-refractivity contribution in [3.05, 3.63) is 23.9 Å². The SMILES string of the molecule is CC(C)C(CNC(=O)c1cccnc1SC(F)(F)F)N1CCOCC1. The summed E-state index contributed by atoms with van der Waals surface area (Å²) in [6, 6.07) is 2.91. The number of hydrogen-bond donors (Lipinski definition) is 1. The number of nitrogens with zero attached hydrogens (tertiary/aromatic N) is 2. The van der Waals surface area contributed by atoms with Crippen molar-refractivity contribution in [1.29, 1.82) is 0 Å². The van der Waals surface area contributed by atoms with Gasteiger partial charge in [-0.2, -0.15) is 13.2 Å². The third kappa shape index (κ3) is 6.16. The molecule has 1 atom stereocenters. The largest absolute Gasteiger partial charge is 0.447 e. The van der Waals surface area contributed by atoms with Gasteiger partial charge in [0.05, 0.1) is 18.8 Å². The molecule has 1 amide bonds. The molecule has 1 fully saturated rings. The van der Waals surface area contributed by atoms with Crippen molar-refractivity contribution in [3.8, 4) is 0 Å². The minimum atomic E-state index is -4.49. The average Bonchev–Trinajstić information content (AvgIpc) is 2.54. The molecular formula is C16H22F3N3O2S. The molecule has 0 aromatic carbocycles. The van der Waals surface area contributed by atoms with Gasteiger partial charge in [0.25, 0.3) is 5.91 Å². The fourth-order valence-corrected chi connectivity index (χ4v) is 3.35. The molecule has 1 N–H and O–H groups in total. The topological polar surface area (TPSA) is 54.5 Å². The smallest absolute Gasteiger partial charge is 0.379 e. The van der Waals surface area contributed by atoms with Crippen LogP contribution >= 0.6 is 11.8 Å². The Kier molecular flexibility index (Phi) is 7.09. The molecule has 0 aliphatic carbocycles. The van der Waals surface area contributed by atoms with E-state index in [0.29, 0.717) is 19.8 Å². The molecular weight excluding hydrogens is 355 g/mol. The molecule has 1 aromatic heterocycles. The maximum absolute atomic E-state index is 12.6. The molecule has 0 saturated carbocycles. The van der Waals surface area contributed by atoms with Crippen LogP contribution in [-0.4, -0.2) is 60.2 Å². The van der Waals surface area contributed by atoms with Gasteiger partial charge < -0.3 is 10.1 Å². The lowest BCUT2D eigenvalue weighted by Gasteiger charge is -2.36. The Morgan fingerprint density at radius 1 is 1.40 bits per heavy atom. The summed E-state index contributed by atoms with van der Waals surface area (Å²) in [5.74, 6) is -0.255. The van der Waals surface area contributed by atoms with E-state index in [2.05, 4.69) is 29.0 Å². The monoisotopic (exact) mass is 377 g/mol. The van der Waals surface area contributed by atoms with Crippen molar-refractivity contribution in [2.75, 3.05) is 32.8 Å². The molecule has 25 heavy (non-hydrogen) atoms. The lowest BCUT2D eigenvalue weighted by atomic mass is 10.0. The number of nitrogens with one attached hydrogen (secondary N) is 1. The van der Waals surface area contributed by atoms with E-state index < -0.39 is 11.4 Å². The Morgan fingerprint density at radius 2 is 2.08 bits per heavy atom. The summed E-state index contributed by atoms with van der Waals surface area (Å²) in [4.78, 5) is 18.3. The van der Waals surface area contributed by atoms with E-state index in [-0.39, 0.29) is 34.3 Å². The van der Waals surface area contributed by atoms with Crippen molar-refractivity contribution in [2.24, 2.45) is 5.92 Å². The number of alkyl halides is 3. The molecule has 0 bridgehead atoms. The molecule has 1 saturated heterocycles. The van der Waals surface area contributed by atoms with Gasteiger partial charge >= 0.3 is 5.51 Å². The predicted molar refractivity (Wildman–Crippen MR) is 89.5 cm³/mol. The minimum absolute atomic E-state index is 0.0608. The lowest BCUT2D eigenvalue weighted by molar-refractivity contribution is -0.0329. The van der Waals surface area contributed by atoms with E-state index in [1.54, 1.807) is 0 Å². The summed E-state index contributed by atoms with van der Waals surface area (Å²) in [6.07, 6.45) is 1.25. The Bertz CT molecular complexity index is 578. The highest BCUT2D eigenvalue weighted by Gasteiger charge is 2.32. The molecule has 2 rings (SSSR count). The molecule has 1 aliphatic rings. The third-order valence-corrected chi connectivity index (χ3v) is 4.73. The number of aromatic nitrogens is 1. The Morgan fingerprint density at radius 3 is 2.68 bits per heavy atom. The number of pyridine rings is 1. The number of thioether (sulfide) groups is 1. The molecule has 1 aromatic rings. The first-order valence-electron chi connectivity index (χ1n) is 8.08. The first-order valence-corrected chi connectivity index (χ1v) is 8.90. The number of amides is 1. The fourth-order valence-electron chi connectivity index (χ4n) is 2.74. The van der Waals surface area contributed by atoms with Gasteiger partial charge in [-0.15, -0.1) is 0 Å². The molecule has 5 nitrogen and oxygen atoms in total. The summed E-state index contributed by atoms with van der Waals surface area (Å²) in [5.41, 5.74) is -4.55. The quantitative estimate of drug-likeness (QED) is 0.773. The number of carbonyl (C=O) groups is 1. The first-order chi connectivity index (χ1) is 11.8. The van der Waals surface area contributed by atoms with Crippen LogP contribution in [-0.2, 0) is 4.74 Å². The highest BCUT2D eigenvalue weighted by Crippen LogP contribution is 2.37. The first kappa shape index (κ1) is 20.0. The minimum Gasteiger partial charge on any atom is -0.379 e. The van der Waals surface area contributed by atoms with Crippen molar-refractivity contribution >= 4 is 17.7 Å². The zero-order valence-corrected chi connectivity index (χ0v) is 15.0. The number of halogens is 3. The van der Waals surface area contributed by atoms with Crippen molar-refractivity contribution in [2.45, 2.75) is 30.4 Å². The standard InChI is InChI=1S/C16H22F3N3O2S/c1-11(2)13(22-6-8-24-9-7-22)10-21-14(23)12-4-3-5-20-15(12)25-16(17,18)19/h3-5,11,13H,6-10H2,1-2H3,(H,21,23). The molecule has 9 heteroatoms.